The third-order valence-electron chi connectivity index (χ3n) is 5.94. The number of sulfonamides is 1. The molecule has 0 saturated heterocycles. The van der Waals surface area contributed by atoms with Crippen molar-refractivity contribution in [3.05, 3.63) is 90.3 Å². The summed E-state index contributed by atoms with van der Waals surface area (Å²) in [5, 5.41) is 23.5. The molecule has 1 unspecified atom stereocenters. The molecule has 0 bridgehead atoms. The summed E-state index contributed by atoms with van der Waals surface area (Å²) < 4.78 is 39.6. The van der Waals surface area contributed by atoms with Crippen LogP contribution in [0.4, 0.5) is 4.79 Å². The van der Waals surface area contributed by atoms with Gasteiger partial charge in [-0.2, -0.15) is 4.31 Å². The van der Waals surface area contributed by atoms with Gasteiger partial charge in [-0.05, 0) is 48.2 Å². The number of nitrogens with one attached hydrogen (secondary N) is 1. The van der Waals surface area contributed by atoms with Crippen LogP contribution in [0.1, 0.15) is 25.0 Å². The largest absolute Gasteiger partial charge is 0.497 e. The molecule has 0 radical (unpaired) electrons. The number of benzene rings is 2. The number of aliphatic hydroxyl groups is 1. The third-order valence-corrected chi connectivity index (χ3v) is 7.79. The third kappa shape index (κ3) is 8.95. The van der Waals surface area contributed by atoms with Gasteiger partial charge in [-0.15, -0.1) is 0 Å². The smallest absolute Gasteiger partial charge is 0.407 e. The van der Waals surface area contributed by atoms with Gasteiger partial charge in [0.1, 0.15) is 12.4 Å². The Labute approximate surface area is 229 Å². The molecule has 1 aromatic heterocycles. The molecule has 3 rings (SSSR count). The molecule has 0 fully saturated rings. The fourth-order valence-corrected chi connectivity index (χ4v) is 5.62. The first-order valence-corrected chi connectivity index (χ1v) is 14.0. The highest BCUT2D eigenvalue weighted by molar-refractivity contribution is 7.89. The van der Waals surface area contributed by atoms with Crippen LogP contribution in [0.15, 0.2) is 84.0 Å². The summed E-state index contributed by atoms with van der Waals surface area (Å²) in [5.41, 5.74) is 1.41. The van der Waals surface area contributed by atoms with Gasteiger partial charge in [-0.3, -0.25) is 5.21 Å². The van der Waals surface area contributed by atoms with Crippen LogP contribution in [-0.4, -0.2) is 61.5 Å². The van der Waals surface area contributed by atoms with Gasteiger partial charge in [0.15, 0.2) is 0 Å². The molecular weight excluding hydrogens is 522 g/mol. The topological polar surface area (TPSA) is 129 Å². The maximum absolute atomic E-state index is 13.5. The van der Waals surface area contributed by atoms with Gasteiger partial charge in [0.05, 0.1) is 29.7 Å². The molecule has 39 heavy (non-hydrogen) atoms. The van der Waals surface area contributed by atoms with Gasteiger partial charge in [0.2, 0.25) is 22.4 Å². The molecule has 2 aromatic carbocycles. The Morgan fingerprint density at radius 3 is 2.28 bits per heavy atom. The van der Waals surface area contributed by atoms with Crippen LogP contribution in [0.2, 0.25) is 0 Å². The minimum atomic E-state index is -3.95. The van der Waals surface area contributed by atoms with E-state index in [0.29, 0.717) is 11.3 Å². The van der Waals surface area contributed by atoms with E-state index in [4.69, 9.17) is 9.47 Å². The van der Waals surface area contributed by atoms with E-state index in [1.165, 1.54) is 35.9 Å². The maximum atomic E-state index is 13.5. The van der Waals surface area contributed by atoms with Gasteiger partial charge in [-0.1, -0.05) is 44.2 Å². The lowest BCUT2D eigenvalue weighted by Gasteiger charge is -2.30. The summed E-state index contributed by atoms with van der Waals surface area (Å²) in [6.07, 6.45) is 1.05. The average molecular weight is 559 g/mol. The molecule has 0 aliphatic heterocycles. The first-order valence-electron chi connectivity index (χ1n) is 12.6. The van der Waals surface area contributed by atoms with E-state index in [-0.39, 0.29) is 36.9 Å². The van der Waals surface area contributed by atoms with E-state index >= 15 is 0 Å². The average Bonchev–Trinajstić information content (AvgIpc) is 2.91. The zero-order chi connectivity index (χ0) is 28.4. The molecule has 1 amide bonds. The number of rotatable bonds is 13. The quantitative estimate of drug-likeness (QED) is 0.217. The molecule has 11 heteroatoms. The molecule has 3 N–H and O–H groups in total. The molecule has 1 heterocycles. The van der Waals surface area contributed by atoms with Crippen LogP contribution < -0.4 is 14.8 Å². The molecule has 0 aliphatic carbocycles. The number of methoxy groups -OCH3 is 1. The molecule has 210 valence electrons. The summed E-state index contributed by atoms with van der Waals surface area (Å²) >= 11 is 0. The predicted molar refractivity (Wildman–Crippen MR) is 144 cm³/mol. The van der Waals surface area contributed by atoms with Crippen molar-refractivity contribution < 1.29 is 37.7 Å². The Balaban J connectivity index is 1.79. The summed E-state index contributed by atoms with van der Waals surface area (Å²) in [6, 6.07) is 17.8. The number of hydrogen-bond acceptors (Lipinski definition) is 7. The lowest BCUT2D eigenvalue weighted by molar-refractivity contribution is -0.905. The number of carbonyl (C=O) groups is 1. The fourth-order valence-electron chi connectivity index (χ4n) is 4.00. The number of aliphatic hydroxyl groups excluding tert-OH is 1. The lowest BCUT2D eigenvalue weighted by atomic mass is 10.0. The van der Waals surface area contributed by atoms with Crippen LogP contribution in [-0.2, 0) is 27.8 Å². The van der Waals surface area contributed by atoms with Gasteiger partial charge >= 0.3 is 6.09 Å². The van der Waals surface area contributed by atoms with Gasteiger partial charge < -0.3 is 19.9 Å². The van der Waals surface area contributed by atoms with Crippen molar-refractivity contribution in [3.63, 3.8) is 0 Å². The van der Waals surface area contributed by atoms with Crippen molar-refractivity contribution in [2.24, 2.45) is 5.92 Å². The first-order chi connectivity index (χ1) is 18.6. The molecule has 0 aliphatic rings. The van der Waals surface area contributed by atoms with Crippen molar-refractivity contribution in [2.45, 2.75) is 43.9 Å². The molecule has 10 nitrogen and oxygen atoms in total. The number of aromatic nitrogens is 1. The van der Waals surface area contributed by atoms with Crippen LogP contribution in [0.3, 0.4) is 0 Å². The highest BCUT2D eigenvalue weighted by Crippen LogP contribution is 2.21. The molecular formula is C28H36N3O7S+. The zero-order valence-electron chi connectivity index (χ0n) is 22.3. The normalized spacial score (nSPS) is 13.2. The van der Waals surface area contributed by atoms with Gasteiger partial charge in [0.25, 0.3) is 0 Å². The summed E-state index contributed by atoms with van der Waals surface area (Å²) in [7, 11) is -2.46. The highest BCUT2D eigenvalue weighted by Gasteiger charge is 2.31. The summed E-state index contributed by atoms with van der Waals surface area (Å²) in [5.74, 6) is 0.509. The Kier molecular flexibility index (Phi) is 10.7. The van der Waals surface area contributed by atoms with Crippen molar-refractivity contribution in [2.75, 3.05) is 20.2 Å². The predicted octanol–water partition coefficient (Wildman–Crippen LogP) is 2.77. The number of carbonyl (C=O) groups excluding carboxylic acids is 1. The monoisotopic (exact) mass is 558 g/mol. The van der Waals surface area contributed by atoms with E-state index in [1.807, 2.05) is 44.2 Å². The van der Waals surface area contributed by atoms with E-state index in [9.17, 15) is 23.5 Å². The summed E-state index contributed by atoms with van der Waals surface area (Å²) in [6.45, 7) is 3.60. The van der Waals surface area contributed by atoms with E-state index < -0.39 is 28.3 Å². The van der Waals surface area contributed by atoms with Crippen LogP contribution in [0.25, 0.3) is 0 Å². The highest BCUT2D eigenvalue weighted by atomic mass is 32.2. The van der Waals surface area contributed by atoms with Crippen molar-refractivity contribution in [3.8, 4) is 5.75 Å². The number of amides is 1. The van der Waals surface area contributed by atoms with E-state index in [1.54, 1.807) is 24.3 Å². The number of nitrogens with zero attached hydrogens (tertiary/aromatic N) is 2. The van der Waals surface area contributed by atoms with E-state index in [0.717, 1.165) is 10.3 Å². The number of alkyl carbamates (subject to hydrolysis) is 1. The van der Waals surface area contributed by atoms with Crippen molar-refractivity contribution >= 4 is 16.1 Å². The fraction of sp³-hybridized carbons (Fsp3) is 0.357. The van der Waals surface area contributed by atoms with Crippen molar-refractivity contribution in [1.29, 1.82) is 0 Å². The van der Waals surface area contributed by atoms with Gasteiger partial charge in [0, 0.05) is 23.9 Å². The Hall–Kier alpha value is -3.67. The second-order valence-corrected chi connectivity index (χ2v) is 11.5. The minimum absolute atomic E-state index is 0.0177. The lowest BCUT2D eigenvalue weighted by Crippen LogP contribution is -2.51. The Morgan fingerprint density at radius 1 is 1.00 bits per heavy atom. The number of ether oxygens (including phenoxy) is 2. The SMILES string of the molecule is COc1ccc(S(=O)(=O)N(CC(C)C)CC(O)[C@H](Cc2ccccc2)NC(=O)OCc2ccc[n+](O)c2)cc1. The first kappa shape index (κ1) is 29.9. The van der Waals surface area contributed by atoms with Gasteiger partial charge in [-0.25, -0.2) is 13.2 Å². The Morgan fingerprint density at radius 2 is 1.67 bits per heavy atom. The van der Waals surface area contributed by atoms with Crippen LogP contribution in [0.5, 0.6) is 5.75 Å². The number of pyridine rings is 1. The maximum Gasteiger partial charge on any atom is 0.407 e. The molecule has 3 aromatic rings. The van der Waals surface area contributed by atoms with E-state index in [2.05, 4.69) is 5.32 Å². The Bertz CT molecular complexity index is 1300. The standard InChI is InChI=1S/C28H35N3O7S/c1-21(2)17-31(39(35,36)25-13-11-24(37-3)12-14-25)19-27(32)26(16-22-8-5-4-6-9-22)29-28(33)38-20-23-10-7-15-30(34)18-23/h4-15,18,21,26-27,32H,16-17,19-20H2,1-3H3,(H-,29,33,34)/p+1/t26-,27?/m0/s1. The summed E-state index contributed by atoms with van der Waals surface area (Å²) in [4.78, 5) is 12.8. The molecule has 0 saturated carbocycles. The zero-order valence-corrected chi connectivity index (χ0v) is 23.1. The second kappa shape index (κ2) is 13.9. The van der Waals surface area contributed by atoms with Crippen LogP contribution in [0, 0.1) is 5.92 Å². The molecule has 2 atom stereocenters. The molecule has 0 spiro atoms. The second-order valence-electron chi connectivity index (χ2n) is 9.57. The van der Waals surface area contributed by atoms with Crippen molar-refractivity contribution in [1.82, 2.24) is 9.62 Å². The van der Waals surface area contributed by atoms with Crippen LogP contribution >= 0.6 is 0 Å². The minimum Gasteiger partial charge on any atom is -0.497 e. The number of hydrogen-bond donors (Lipinski definition) is 3.